The van der Waals surface area contributed by atoms with Crippen molar-refractivity contribution in [2.75, 3.05) is 6.54 Å². The number of carbonyl (C=O) groups is 1. The molecule has 2 N–H and O–H groups in total. The summed E-state index contributed by atoms with van der Waals surface area (Å²) < 4.78 is 5.55. The molecule has 94 valence electrons. The van der Waals surface area contributed by atoms with Crippen LogP contribution in [0.4, 0.5) is 0 Å². The minimum atomic E-state index is -0.114. The monoisotopic (exact) mass is 244 g/mol. The number of para-hydroxylation sites is 1. The molecule has 0 spiro atoms. The Morgan fingerprint density at radius 1 is 1.39 bits per heavy atom. The summed E-state index contributed by atoms with van der Waals surface area (Å²) >= 11 is 0. The summed E-state index contributed by atoms with van der Waals surface area (Å²) in [5.74, 6) is 0.0848. The van der Waals surface area contributed by atoms with Gasteiger partial charge >= 0.3 is 0 Å². The van der Waals surface area contributed by atoms with Crippen LogP contribution in [0, 0.1) is 0 Å². The molecule has 3 rings (SSSR count). The van der Waals surface area contributed by atoms with Crippen LogP contribution in [-0.4, -0.2) is 18.5 Å². The number of rotatable bonds is 2. The Balaban J connectivity index is 1.93. The van der Waals surface area contributed by atoms with E-state index in [-0.39, 0.29) is 18.0 Å². The number of amides is 1. The Hall–Kier alpha value is -1.81. The predicted molar refractivity (Wildman–Crippen MR) is 69.2 cm³/mol. The minimum Gasteiger partial charge on any atom is -0.464 e. The third kappa shape index (κ3) is 1.78. The van der Waals surface area contributed by atoms with Crippen LogP contribution >= 0.6 is 0 Å². The predicted octanol–water partition coefficient (Wildman–Crippen LogP) is 1.97. The quantitative estimate of drug-likeness (QED) is 0.849. The largest absolute Gasteiger partial charge is 0.464 e. The first kappa shape index (κ1) is 11.3. The molecule has 1 aliphatic rings. The van der Waals surface area contributed by atoms with E-state index in [4.69, 9.17) is 4.42 Å². The van der Waals surface area contributed by atoms with Crippen molar-refractivity contribution in [3.05, 3.63) is 36.1 Å². The average Bonchev–Trinajstić information content (AvgIpc) is 2.83. The van der Waals surface area contributed by atoms with Gasteiger partial charge in [-0.2, -0.15) is 0 Å². The van der Waals surface area contributed by atoms with Gasteiger partial charge in [0.2, 0.25) is 5.91 Å². The Morgan fingerprint density at radius 2 is 2.22 bits per heavy atom. The molecule has 1 fully saturated rings. The van der Waals surface area contributed by atoms with Gasteiger partial charge < -0.3 is 9.73 Å². The fourth-order valence-electron chi connectivity index (χ4n) is 2.47. The molecule has 0 bridgehead atoms. The molecule has 1 amide bonds. The van der Waals surface area contributed by atoms with Gasteiger partial charge in [0.15, 0.2) is 0 Å². The van der Waals surface area contributed by atoms with Gasteiger partial charge in [0, 0.05) is 17.5 Å². The van der Waals surface area contributed by atoms with Crippen molar-refractivity contribution in [1.82, 2.24) is 10.6 Å². The van der Waals surface area contributed by atoms with Crippen LogP contribution in [0.25, 0.3) is 11.0 Å². The van der Waals surface area contributed by atoms with E-state index in [0.717, 1.165) is 23.0 Å². The Kier molecular flexibility index (Phi) is 2.80. The second-order valence-electron chi connectivity index (χ2n) is 4.61. The fraction of sp³-hybridized carbons (Fsp3) is 0.357. The number of fused-ring (bicyclic) bond motifs is 1. The first-order chi connectivity index (χ1) is 8.79. The lowest BCUT2D eigenvalue weighted by atomic mass is 10.0. The van der Waals surface area contributed by atoms with Gasteiger partial charge in [-0.25, -0.2) is 0 Å². The van der Waals surface area contributed by atoms with E-state index in [1.54, 1.807) is 6.26 Å². The molecule has 0 radical (unpaired) electrons. The van der Waals surface area contributed by atoms with E-state index in [2.05, 4.69) is 10.6 Å². The number of nitrogens with one attached hydrogen (secondary N) is 2. The number of benzene rings is 1. The number of carbonyl (C=O) groups excluding carboxylic acids is 1. The Labute approximate surface area is 105 Å². The lowest BCUT2D eigenvalue weighted by Gasteiger charge is -2.30. The zero-order valence-corrected chi connectivity index (χ0v) is 10.3. The van der Waals surface area contributed by atoms with Crippen molar-refractivity contribution >= 4 is 16.9 Å². The van der Waals surface area contributed by atoms with Crippen molar-refractivity contribution in [1.29, 1.82) is 0 Å². The number of hydrogen-bond donors (Lipinski definition) is 2. The van der Waals surface area contributed by atoms with E-state index < -0.39 is 0 Å². The normalized spacial score (nSPS) is 24.2. The van der Waals surface area contributed by atoms with E-state index >= 15 is 0 Å². The summed E-state index contributed by atoms with van der Waals surface area (Å²) in [5.41, 5.74) is 2.00. The fourth-order valence-corrected chi connectivity index (χ4v) is 2.47. The zero-order chi connectivity index (χ0) is 12.5. The van der Waals surface area contributed by atoms with Crippen molar-refractivity contribution in [3.63, 3.8) is 0 Å². The SMILES string of the molecule is CCC1NC(c2coc3ccccc23)CNC1=O. The highest BCUT2D eigenvalue weighted by atomic mass is 16.3. The minimum absolute atomic E-state index is 0.0848. The third-order valence-corrected chi connectivity index (χ3v) is 3.49. The van der Waals surface area contributed by atoms with E-state index in [1.807, 2.05) is 31.2 Å². The van der Waals surface area contributed by atoms with E-state index in [9.17, 15) is 4.79 Å². The molecule has 0 aliphatic carbocycles. The molecule has 2 atom stereocenters. The third-order valence-electron chi connectivity index (χ3n) is 3.49. The molecule has 1 saturated heterocycles. The van der Waals surface area contributed by atoms with Crippen molar-refractivity contribution < 1.29 is 9.21 Å². The smallest absolute Gasteiger partial charge is 0.237 e. The van der Waals surface area contributed by atoms with E-state index in [0.29, 0.717) is 6.54 Å². The maximum atomic E-state index is 11.6. The van der Waals surface area contributed by atoms with Crippen LogP contribution in [0.3, 0.4) is 0 Å². The molecule has 2 heterocycles. The second-order valence-corrected chi connectivity index (χ2v) is 4.61. The van der Waals surface area contributed by atoms with Gasteiger partial charge in [0.05, 0.1) is 18.3 Å². The molecule has 1 aliphatic heterocycles. The first-order valence-corrected chi connectivity index (χ1v) is 6.29. The summed E-state index contributed by atoms with van der Waals surface area (Å²) in [4.78, 5) is 11.6. The summed E-state index contributed by atoms with van der Waals surface area (Å²) in [5, 5.41) is 7.43. The van der Waals surface area contributed by atoms with Gasteiger partial charge in [-0.3, -0.25) is 10.1 Å². The number of hydrogen-bond acceptors (Lipinski definition) is 3. The van der Waals surface area contributed by atoms with Crippen LogP contribution in [0.15, 0.2) is 34.9 Å². The summed E-state index contributed by atoms with van der Waals surface area (Å²) in [7, 11) is 0. The van der Waals surface area contributed by atoms with Gasteiger partial charge in [-0.15, -0.1) is 0 Å². The van der Waals surface area contributed by atoms with Crippen LogP contribution in [0.5, 0.6) is 0 Å². The van der Waals surface area contributed by atoms with Gasteiger partial charge in [0.1, 0.15) is 5.58 Å². The van der Waals surface area contributed by atoms with Crippen LogP contribution < -0.4 is 10.6 Å². The molecular formula is C14H16N2O2. The standard InChI is InChI=1S/C14H16N2O2/c1-2-11-14(17)15-7-12(16-11)10-8-18-13-6-4-3-5-9(10)13/h3-6,8,11-12,16H,2,7H2,1H3,(H,15,17). The summed E-state index contributed by atoms with van der Waals surface area (Å²) in [6.45, 7) is 2.62. The molecular weight excluding hydrogens is 228 g/mol. The highest BCUT2D eigenvalue weighted by Gasteiger charge is 2.28. The molecule has 0 saturated carbocycles. The maximum Gasteiger partial charge on any atom is 0.237 e. The highest BCUT2D eigenvalue weighted by Crippen LogP contribution is 2.27. The topological polar surface area (TPSA) is 54.3 Å². The maximum absolute atomic E-state index is 11.6. The van der Waals surface area contributed by atoms with Crippen molar-refractivity contribution in [3.8, 4) is 0 Å². The Morgan fingerprint density at radius 3 is 3.06 bits per heavy atom. The Bertz CT molecular complexity index is 576. The molecule has 1 aromatic heterocycles. The van der Waals surface area contributed by atoms with Crippen LogP contribution in [-0.2, 0) is 4.79 Å². The summed E-state index contributed by atoms with van der Waals surface area (Å²) in [6.07, 6.45) is 2.57. The number of piperazine rings is 1. The molecule has 2 unspecified atom stereocenters. The van der Waals surface area contributed by atoms with Crippen molar-refractivity contribution in [2.45, 2.75) is 25.4 Å². The van der Waals surface area contributed by atoms with Crippen molar-refractivity contribution in [2.24, 2.45) is 0 Å². The molecule has 4 heteroatoms. The zero-order valence-electron chi connectivity index (χ0n) is 10.3. The van der Waals surface area contributed by atoms with Gasteiger partial charge in [-0.05, 0) is 12.5 Å². The van der Waals surface area contributed by atoms with Gasteiger partial charge in [-0.1, -0.05) is 25.1 Å². The van der Waals surface area contributed by atoms with Crippen LogP contribution in [0.1, 0.15) is 24.9 Å². The molecule has 4 nitrogen and oxygen atoms in total. The molecule has 2 aromatic rings. The van der Waals surface area contributed by atoms with Crippen LogP contribution in [0.2, 0.25) is 0 Å². The molecule has 18 heavy (non-hydrogen) atoms. The lowest BCUT2D eigenvalue weighted by molar-refractivity contribution is -0.125. The van der Waals surface area contributed by atoms with E-state index in [1.165, 1.54) is 0 Å². The average molecular weight is 244 g/mol. The first-order valence-electron chi connectivity index (χ1n) is 6.29. The van der Waals surface area contributed by atoms with Gasteiger partial charge in [0.25, 0.3) is 0 Å². The second kappa shape index (κ2) is 4.46. The summed E-state index contributed by atoms with van der Waals surface area (Å²) in [6, 6.07) is 7.97. The number of furan rings is 1. The highest BCUT2D eigenvalue weighted by molar-refractivity contribution is 5.84. The lowest BCUT2D eigenvalue weighted by Crippen LogP contribution is -2.54. The molecule has 1 aromatic carbocycles.